The van der Waals surface area contributed by atoms with Gasteiger partial charge in [-0.25, -0.2) is 8.42 Å². The summed E-state index contributed by atoms with van der Waals surface area (Å²) in [7, 11) is -3.90. The lowest BCUT2D eigenvalue weighted by molar-refractivity contribution is -0.129. The number of hydrogen-bond donors (Lipinski definition) is 4. The fourth-order valence-corrected chi connectivity index (χ4v) is 5.79. The lowest BCUT2D eigenvalue weighted by Crippen LogP contribution is -2.41. The van der Waals surface area contributed by atoms with Crippen molar-refractivity contribution in [3.63, 3.8) is 0 Å². The first-order valence-corrected chi connectivity index (χ1v) is 11.5. The number of nitrogens with two attached hydrogens (primary N) is 1. The van der Waals surface area contributed by atoms with E-state index in [0.717, 1.165) is 11.3 Å². The third kappa shape index (κ3) is 4.31. The van der Waals surface area contributed by atoms with Crippen LogP contribution in [0, 0.1) is 5.41 Å². The Morgan fingerprint density at radius 3 is 2.87 bits per heavy atom. The second-order valence-electron chi connectivity index (χ2n) is 6.98. The summed E-state index contributed by atoms with van der Waals surface area (Å²) in [5.74, 6) is -0.564. The number of aromatic nitrogens is 1. The van der Waals surface area contributed by atoms with E-state index >= 15 is 0 Å². The number of thiophene rings is 1. The average molecular weight is 462 g/mol. The highest BCUT2D eigenvalue weighted by molar-refractivity contribution is 7.91. The lowest BCUT2D eigenvalue weighted by atomic mass is 10.1. The molecule has 1 atom stereocenters. The number of aromatic hydroxyl groups is 1. The molecule has 3 heterocycles. The van der Waals surface area contributed by atoms with Gasteiger partial charge in [-0.15, -0.1) is 11.3 Å². The van der Waals surface area contributed by atoms with Gasteiger partial charge in [0, 0.05) is 30.3 Å². The van der Waals surface area contributed by atoms with E-state index in [1.165, 1.54) is 29.4 Å². The topological polar surface area (TPSA) is 163 Å². The van der Waals surface area contributed by atoms with Crippen molar-refractivity contribution in [3.05, 3.63) is 53.8 Å². The molecule has 1 aromatic carbocycles. The van der Waals surface area contributed by atoms with Crippen LogP contribution in [0.3, 0.4) is 0 Å². The minimum Gasteiger partial charge on any atom is -0.508 e. The molecule has 1 fully saturated rings. The monoisotopic (exact) mass is 461 g/mol. The quantitative estimate of drug-likeness (QED) is 0.306. The fourth-order valence-electron chi connectivity index (χ4n) is 3.28. The number of carbonyl (C=O) groups excluding carboxylic acids is 1. The second-order valence-corrected chi connectivity index (χ2v) is 10.0. The van der Waals surface area contributed by atoms with E-state index in [0.29, 0.717) is 34.7 Å². The van der Waals surface area contributed by atoms with E-state index in [-0.39, 0.29) is 28.2 Å². The molecule has 4 rings (SSSR count). The Morgan fingerprint density at radius 2 is 2.16 bits per heavy atom. The van der Waals surface area contributed by atoms with Crippen molar-refractivity contribution in [2.75, 3.05) is 6.54 Å². The zero-order valence-electron chi connectivity index (χ0n) is 16.1. The third-order valence-electron chi connectivity index (χ3n) is 4.88. The first-order chi connectivity index (χ1) is 14.7. The van der Waals surface area contributed by atoms with Gasteiger partial charge in [0.25, 0.3) is 10.0 Å². The highest BCUT2D eigenvalue weighted by Gasteiger charge is 2.35. The molecule has 0 aliphatic carbocycles. The number of sulfonamides is 1. The summed E-state index contributed by atoms with van der Waals surface area (Å²) in [6.07, 6.45) is 1.70. The molecule has 0 spiro atoms. The van der Waals surface area contributed by atoms with E-state index in [1.54, 1.807) is 18.2 Å². The molecular weight excluding hydrogens is 442 g/mol. The molecule has 3 aromatic rings. The minimum atomic E-state index is -3.90. The fraction of sp³-hybridized carbons (Fsp3) is 0.211. The molecule has 1 aliphatic rings. The number of phenols is 1. The van der Waals surface area contributed by atoms with Crippen LogP contribution in [0.15, 0.2) is 51.4 Å². The van der Waals surface area contributed by atoms with Crippen molar-refractivity contribution in [2.24, 2.45) is 5.73 Å². The number of phenolic OH excluding ortho intramolecular Hbond substituents is 1. The highest BCUT2D eigenvalue weighted by Crippen LogP contribution is 2.30. The molecule has 0 radical (unpaired) electrons. The molecule has 31 heavy (non-hydrogen) atoms. The Balaban J connectivity index is 1.46. The zero-order chi connectivity index (χ0) is 22.2. The Kier molecular flexibility index (Phi) is 5.52. The van der Waals surface area contributed by atoms with Gasteiger partial charge in [-0.2, -0.15) is 4.72 Å². The number of likely N-dealkylation sites (tertiary alicyclic amines) is 1. The molecule has 1 unspecified atom stereocenters. The summed E-state index contributed by atoms with van der Waals surface area (Å²) in [6.45, 7) is 0.406. The van der Waals surface area contributed by atoms with Gasteiger partial charge in [0.2, 0.25) is 5.91 Å². The van der Waals surface area contributed by atoms with E-state index in [2.05, 4.69) is 9.88 Å². The molecule has 162 valence electrons. The lowest BCUT2D eigenvalue weighted by Gasteiger charge is -2.18. The second kappa shape index (κ2) is 8.13. The highest BCUT2D eigenvalue weighted by atomic mass is 32.2. The molecule has 1 saturated heterocycles. The summed E-state index contributed by atoms with van der Waals surface area (Å²) >= 11 is 1.03. The first kappa shape index (κ1) is 21.0. The van der Waals surface area contributed by atoms with Gasteiger partial charge in [-0.3, -0.25) is 10.2 Å². The van der Waals surface area contributed by atoms with Gasteiger partial charge in [0.1, 0.15) is 33.8 Å². The molecule has 1 amide bonds. The number of nitrogens with one attached hydrogen (secondary N) is 2. The van der Waals surface area contributed by atoms with E-state index in [1.807, 2.05) is 0 Å². The molecule has 0 bridgehead atoms. The number of carbonyl (C=O) groups is 1. The molecule has 1 aliphatic heterocycles. The van der Waals surface area contributed by atoms with Crippen LogP contribution in [0.5, 0.6) is 5.75 Å². The number of amides is 1. The van der Waals surface area contributed by atoms with E-state index in [4.69, 9.17) is 15.7 Å². The van der Waals surface area contributed by atoms with Crippen LogP contribution in [-0.4, -0.2) is 47.9 Å². The third-order valence-corrected chi connectivity index (χ3v) is 7.95. The van der Waals surface area contributed by atoms with Gasteiger partial charge < -0.3 is 20.3 Å². The van der Waals surface area contributed by atoms with Crippen LogP contribution >= 0.6 is 11.3 Å². The van der Waals surface area contributed by atoms with E-state index in [9.17, 15) is 18.3 Å². The van der Waals surface area contributed by atoms with Gasteiger partial charge >= 0.3 is 0 Å². The minimum absolute atomic E-state index is 0.0270. The van der Waals surface area contributed by atoms with Crippen molar-refractivity contribution in [1.29, 1.82) is 5.41 Å². The Labute approximate surface area is 181 Å². The number of amidine groups is 1. The number of nitrogens with zero attached hydrogens (tertiary/aromatic N) is 2. The summed E-state index contributed by atoms with van der Waals surface area (Å²) in [4.78, 5) is 14.9. The van der Waals surface area contributed by atoms with Gasteiger partial charge in [0.05, 0.1) is 4.88 Å². The smallest absolute Gasteiger partial charge is 0.250 e. The summed E-state index contributed by atoms with van der Waals surface area (Å²) in [5, 5.41) is 21.4. The van der Waals surface area contributed by atoms with Crippen LogP contribution in [0.4, 0.5) is 0 Å². The zero-order valence-corrected chi connectivity index (χ0v) is 17.7. The standard InChI is InChI=1S/C19H19N5O5S2/c20-18(21)11-1-2-15(25)12(9-11)10-24-7-5-14(19(24)26)23-31(27,28)17-4-3-16(30-17)13-6-8-29-22-13/h1-4,6,8-9,14,23,25H,5,7,10H2,(H3,20,21). The summed E-state index contributed by atoms with van der Waals surface area (Å²) in [5.41, 5.74) is 6.87. The SMILES string of the molecule is N=C(N)c1ccc(O)c(CN2CCC(NS(=O)(=O)c3ccc(-c4ccon4)s3)C2=O)c1. The van der Waals surface area contributed by atoms with Crippen LogP contribution in [0.25, 0.3) is 10.6 Å². The molecule has 2 aromatic heterocycles. The Morgan fingerprint density at radius 1 is 1.35 bits per heavy atom. The Hall–Kier alpha value is -3.22. The van der Waals surface area contributed by atoms with Crippen molar-refractivity contribution < 1.29 is 22.8 Å². The van der Waals surface area contributed by atoms with E-state index < -0.39 is 16.1 Å². The van der Waals surface area contributed by atoms with Crippen LogP contribution in [0.1, 0.15) is 17.5 Å². The van der Waals surface area contributed by atoms with Crippen molar-refractivity contribution >= 4 is 33.1 Å². The maximum absolute atomic E-state index is 12.8. The molecule has 5 N–H and O–H groups in total. The molecule has 12 heteroatoms. The largest absolute Gasteiger partial charge is 0.508 e. The number of benzene rings is 1. The predicted octanol–water partition coefficient (Wildman–Crippen LogP) is 1.47. The van der Waals surface area contributed by atoms with Crippen LogP contribution in [-0.2, 0) is 21.4 Å². The normalized spacial score (nSPS) is 16.7. The first-order valence-electron chi connectivity index (χ1n) is 9.22. The van der Waals surface area contributed by atoms with Gasteiger partial charge in [-0.1, -0.05) is 5.16 Å². The predicted molar refractivity (Wildman–Crippen MR) is 113 cm³/mol. The number of rotatable bonds is 7. The molecule has 10 nitrogen and oxygen atoms in total. The summed E-state index contributed by atoms with van der Waals surface area (Å²) < 4.78 is 32.8. The maximum atomic E-state index is 12.8. The maximum Gasteiger partial charge on any atom is 0.250 e. The van der Waals surface area contributed by atoms with Crippen molar-refractivity contribution in [3.8, 4) is 16.3 Å². The number of nitrogen functional groups attached to an aromatic ring is 1. The van der Waals surface area contributed by atoms with Crippen LogP contribution in [0.2, 0.25) is 0 Å². The van der Waals surface area contributed by atoms with Gasteiger partial charge in [0.15, 0.2) is 0 Å². The Bertz CT molecular complexity index is 1240. The average Bonchev–Trinajstić information content (AvgIpc) is 3.47. The molecular formula is C19H19N5O5S2. The van der Waals surface area contributed by atoms with Crippen LogP contribution < -0.4 is 10.5 Å². The van der Waals surface area contributed by atoms with Crippen molar-refractivity contribution in [1.82, 2.24) is 14.8 Å². The van der Waals surface area contributed by atoms with Gasteiger partial charge in [-0.05, 0) is 36.8 Å². The van der Waals surface area contributed by atoms with Crippen molar-refractivity contribution in [2.45, 2.75) is 23.2 Å². The summed E-state index contributed by atoms with van der Waals surface area (Å²) in [6, 6.07) is 8.28. The molecule has 0 saturated carbocycles. The number of hydrogen-bond acceptors (Lipinski definition) is 8.